The van der Waals surface area contributed by atoms with E-state index in [0.717, 1.165) is 25.8 Å². The smallest absolute Gasteiger partial charge is 0.225 e. The molecule has 1 atom stereocenters. The first-order valence-corrected chi connectivity index (χ1v) is 7.88. The maximum atomic E-state index is 12.5. The van der Waals surface area contributed by atoms with E-state index in [-0.39, 0.29) is 24.2 Å². The third-order valence-electron chi connectivity index (χ3n) is 4.74. The second kappa shape index (κ2) is 6.75. The van der Waals surface area contributed by atoms with Crippen LogP contribution in [-0.4, -0.2) is 65.5 Å². The van der Waals surface area contributed by atoms with Gasteiger partial charge in [-0.25, -0.2) is 0 Å². The molecule has 0 aromatic heterocycles. The van der Waals surface area contributed by atoms with Gasteiger partial charge in [0.1, 0.15) is 0 Å². The van der Waals surface area contributed by atoms with E-state index in [1.807, 2.05) is 11.9 Å². The zero-order valence-corrected chi connectivity index (χ0v) is 12.9. The van der Waals surface area contributed by atoms with Gasteiger partial charge < -0.3 is 20.6 Å². The summed E-state index contributed by atoms with van der Waals surface area (Å²) in [6, 6.07) is 0. The number of amides is 2. The van der Waals surface area contributed by atoms with Crippen LogP contribution >= 0.6 is 0 Å². The first kappa shape index (κ1) is 16.2. The van der Waals surface area contributed by atoms with Crippen molar-refractivity contribution in [2.45, 2.75) is 44.1 Å². The van der Waals surface area contributed by atoms with Gasteiger partial charge in [-0.2, -0.15) is 0 Å². The van der Waals surface area contributed by atoms with Crippen LogP contribution in [0.5, 0.6) is 0 Å². The van der Waals surface area contributed by atoms with Gasteiger partial charge in [0.25, 0.3) is 0 Å². The molecule has 0 aromatic rings. The van der Waals surface area contributed by atoms with E-state index in [1.165, 1.54) is 0 Å². The number of carbonyl (C=O) groups excluding carboxylic acids is 2. The predicted molar refractivity (Wildman–Crippen MR) is 79.4 cm³/mol. The molecule has 2 fully saturated rings. The molecule has 1 aliphatic carbocycles. The Morgan fingerprint density at radius 1 is 1.19 bits per heavy atom. The molecule has 0 unspecified atom stereocenters. The Hall–Kier alpha value is -1.14. The van der Waals surface area contributed by atoms with Gasteiger partial charge in [-0.05, 0) is 19.9 Å². The molecule has 3 N–H and O–H groups in total. The Kier molecular flexibility index (Phi) is 5.22. The fourth-order valence-electron chi connectivity index (χ4n) is 3.36. The van der Waals surface area contributed by atoms with Crippen molar-refractivity contribution >= 4 is 11.8 Å². The Bertz CT molecular complexity index is 394. The summed E-state index contributed by atoms with van der Waals surface area (Å²) in [6.07, 6.45) is 4.67. The molecule has 0 bridgehead atoms. The average molecular weight is 297 g/mol. The van der Waals surface area contributed by atoms with Crippen LogP contribution in [0.3, 0.4) is 0 Å². The number of hydrogen-bond acceptors (Lipinski definition) is 4. The van der Waals surface area contributed by atoms with Crippen molar-refractivity contribution in [1.82, 2.24) is 9.80 Å². The fraction of sp³-hybridized carbons (Fsp3) is 0.867. The van der Waals surface area contributed by atoms with Gasteiger partial charge in [0, 0.05) is 26.2 Å². The Labute approximate surface area is 126 Å². The lowest BCUT2D eigenvalue weighted by atomic mass is 9.82. The molecule has 120 valence electrons. The number of rotatable bonds is 3. The molecule has 1 saturated carbocycles. The van der Waals surface area contributed by atoms with Crippen LogP contribution in [0.4, 0.5) is 0 Å². The second-order valence-electron chi connectivity index (χ2n) is 6.66. The first-order valence-electron chi connectivity index (χ1n) is 7.88. The third kappa shape index (κ3) is 4.41. The lowest BCUT2D eigenvalue weighted by Gasteiger charge is -2.33. The van der Waals surface area contributed by atoms with Crippen LogP contribution in [0.25, 0.3) is 0 Å². The van der Waals surface area contributed by atoms with Gasteiger partial charge in [0.15, 0.2) is 0 Å². The van der Waals surface area contributed by atoms with E-state index < -0.39 is 5.60 Å². The number of likely N-dealkylation sites (N-methyl/N-ethyl adjacent to an activating group) is 1. The van der Waals surface area contributed by atoms with Crippen molar-refractivity contribution in [3.63, 3.8) is 0 Å². The molecule has 6 heteroatoms. The molecule has 0 radical (unpaired) electrons. The summed E-state index contributed by atoms with van der Waals surface area (Å²) < 4.78 is 0. The molecule has 1 aliphatic heterocycles. The molecular weight excluding hydrogens is 270 g/mol. The zero-order chi connectivity index (χ0) is 15.5. The summed E-state index contributed by atoms with van der Waals surface area (Å²) in [6.45, 7) is 2.28. The Balaban J connectivity index is 1.98. The number of primary amides is 1. The third-order valence-corrected chi connectivity index (χ3v) is 4.74. The van der Waals surface area contributed by atoms with E-state index in [9.17, 15) is 14.7 Å². The topological polar surface area (TPSA) is 86.9 Å². The monoisotopic (exact) mass is 297 g/mol. The summed E-state index contributed by atoms with van der Waals surface area (Å²) in [5, 5.41) is 10.5. The number of nitrogens with zero attached hydrogens (tertiary/aromatic N) is 2. The highest BCUT2D eigenvalue weighted by molar-refractivity contribution is 5.80. The van der Waals surface area contributed by atoms with E-state index >= 15 is 0 Å². The molecule has 1 saturated heterocycles. The summed E-state index contributed by atoms with van der Waals surface area (Å²) >= 11 is 0. The van der Waals surface area contributed by atoms with E-state index in [0.29, 0.717) is 32.5 Å². The zero-order valence-electron chi connectivity index (χ0n) is 12.9. The van der Waals surface area contributed by atoms with Gasteiger partial charge in [-0.3, -0.25) is 9.59 Å². The number of aliphatic hydroxyl groups is 1. The van der Waals surface area contributed by atoms with E-state index in [4.69, 9.17) is 5.73 Å². The highest BCUT2D eigenvalue weighted by atomic mass is 16.3. The molecule has 2 amide bonds. The Morgan fingerprint density at radius 3 is 2.48 bits per heavy atom. The minimum Gasteiger partial charge on any atom is -0.389 e. The quantitative estimate of drug-likeness (QED) is 0.764. The van der Waals surface area contributed by atoms with Crippen molar-refractivity contribution in [2.24, 2.45) is 11.7 Å². The minimum atomic E-state index is -0.851. The van der Waals surface area contributed by atoms with Crippen molar-refractivity contribution in [3.05, 3.63) is 0 Å². The average Bonchev–Trinajstić information content (AvgIpc) is 2.61. The lowest BCUT2D eigenvalue weighted by Crippen LogP contribution is -2.44. The van der Waals surface area contributed by atoms with Crippen molar-refractivity contribution in [3.8, 4) is 0 Å². The summed E-state index contributed by atoms with van der Waals surface area (Å²) in [5.41, 5.74) is 4.57. The van der Waals surface area contributed by atoms with Gasteiger partial charge in [0.2, 0.25) is 11.8 Å². The van der Waals surface area contributed by atoms with E-state index in [1.54, 1.807) is 4.90 Å². The van der Waals surface area contributed by atoms with Gasteiger partial charge in [-0.1, -0.05) is 19.3 Å². The maximum Gasteiger partial charge on any atom is 0.225 e. The molecule has 1 heterocycles. The van der Waals surface area contributed by atoms with Crippen LogP contribution < -0.4 is 5.73 Å². The fourth-order valence-corrected chi connectivity index (χ4v) is 3.36. The minimum absolute atomic E-state index is 0.0547. The number of hydrogen-bond donors (Lipinski definition) is 2. The maximum absolute atomic E-state index is 12.5. The molecule has 6 nitrogen and oxygen atoms in total. The lowest BCUT2D eigenvalue weighted by molar-refractivity contribution is -0.138. The first-order chi connectivity index (χ1) is 9.89. The highest BCUT2D eigenvalue weighted by Crippen LogP contribution is 2.31. The van der Waals surface area contributed by atoms with Gasteiger partial charge >= 0.3 is 0 Å². The van der Waals surface area contributed by atoms with Crippen molar-refractivity contribution < 1.29 is 14.7 Å². The molecule has 0 spiro atoms. The van der Waals surface area contributed by atoms with Gasteiger partial charge in [0.05, 0.1) is 17.9 Å². The summed E-state index contributed by atoms with van der Waals surface area (Å²) in [4.78, 5) is 27.7. The SMILES string of the molecule is CN1CCN(C(=O)CC2(O)CCCCC2)C[C@@H](C(N)=O)C1. The van der Waals surface area contributed by atoms with Crippen LogP contribution in [0.15, 0.2) is 0 Å². The van der Waals surface area contributed by atoms with Crippen LogP contribution in [0.2, 0.25) is 0 Å². The number of nitrogens with two attached hydrogens (primary N) is 1. The largest absolute Gasteiger partial charge is 0.389 e. The van der Waals surface area contributed by atoms with Crippen LogP contribution in [0.1, 0.15) is 38.5 Å². The summed E-state index contributed by atoms with van der Waals surface area (Å²) in [7, 11) is 1.93. The van der Waals surface area contributed by atoms with Crippen molar-refractivity contribution in [2.75, 3.05) is 33.2 Å². The molecule has 2 aliphatic rings. The molecular formula is C15H27N3O3. The predicted octanol–water partition coefficient (Wildman–Crippen LogP) is -0.0528. The molecule has 0 aromatic carbocycles. The normalized spacial score (nSPS) is 27.1. The molecule has 21 heavy (non-hydrogen) atoms. The van der Waals surface area contributed by atoms with E-state index in [2.05, 4.69) is 0 Å². The summed E-state index contributed by atoms with van der Waals surface area (Å²) in [5.74, 6) is -0.749. The number of carbonyl (C=O) groups is 2. The second-order valence-corrected chi connectivity index (χ2v) is 6.66. The van der Waals surface area contributed by atoms with Crippen LogP contribution in [-0.2, 0) is 9.59 Å². The highest BCUT2D eigenvalue weighted by Gasteiger charge is 2.35. The molecule has 2 rings (SSSR count). The standard InChI is InChI=1S/C15H27N3O3/c1-17-7-8-18(11-12(10-17)14(16)20)13(19)9-15(21)5-3-2-4-6-15/h12,21H,2-11H2,1H3,(H2,16,20)/t12-/m0/s1. The van der Waals surface area contributed by atoms with Crippen molar-refractivity contribution in [1.29, 1.82) is 0 Å². The Morgan fingerprint density at radius 2 is 1.86 bits per heavy atom. The van der Waals surface area contributed by atoms with Crippen LogP contribution in [0, 0.1) is 5.92 Å². The van der Waals surface area contributed by atoms with Gasteiger partial charge in [-0.15, -0.1) is 0 Å².